The second-order valence-electron chi connectivity index (χ2n) is 3.96. The first-order valence-corrected chi connectivity index (χ1v) is 5.55. The third kappa shape index (κ3) is 3.06. The second-order valence-corrected chi connectivity index (χ2v) is 3.96. The third-order valence-corrected chi connectivity index (χ3v) is 2.73. The molecule has 0 unspecified atom stereocenters. The van der Waals surface area contributed by atoms with Gasteiger partial charge >= 0.3 is 0 Å². The van der Waals surface area contributed by atoms with Crippen LogP contribution in [0.2, 0.25) is 0 Å². The zero-order valence-corrected chi connectivity index (χ0v) is 9.04. The van der Waals surface area contributed by atoms with Crippen LogP contribution in [0.25, 0.3) is 0 Å². The predicted molar refractivity (Wildman–Crippen MR) is 59.6 cm³/mol. The van der Waals surface area contributed by atoms with Crippen molar-refractivity contribution in [2.45, 2.75) is 13.0 Å². The molecule has 0 amide bonds. The van der Waals surface area contributed by atoms with E-state index in [-0.39, 0.29) is 0 Å². The van der Waals surface area contributed by atoms with Crippen LogP contribution in [0, 0.1) is 0 Å². The Balaban J connectivity index is 1.86. The Bertz CT molecular complexity index is 292. The van der Waals surface area contributed by atoms with Crippen LogP contribution in [-0.2, 0) is 17.7 Å². The van der Waals surface area contributed by atoms with E-state index in [4.69, 9.17) is 10.5 Å². The Morgan fingerprint density at radius 1 is 1.40 bits per heavy atom. The van der Waals surface area contributed by atoms with Crippen molar-refractivity contribution in [2.75, 3.05) is 32.8 Å². The lowest BCUT2D eigenvalue weighted by atomic mass is 10.2. The number of H-pyrrole nitrogens is 1. The molecule has 1 fully saturated rings. The molecule has 1 aromatic rings. The maximum atomic E-state index is 5.51. The number of aromatic amines is 1. The first-order valence-electron chi connectivity index (χ1n) is 5.55. The maximum absolute atomic E-state index is 5.51. The average molecular weight is 209 g/mol. The molecule has 1 aliphatic heterocycles. The van der Waals surface area contributed by atoms with Gasteiger partial charge in [0.05, 0.1) is 13.2 Å². The van der Waals surface area contributed by atoms with Crippen molar-refractivity contribution in [1.82, 2.24) is 9.88 Å². The summed E-state index contributed by atoms with van der Waals surface area (Å²) in [4.78, 5) is 5.67. The Morgan fingerprint density at radius 2 is 2.20 bits per heavy atom. The molecular weight excluding hydrogens is 190 g/mol. The number of nitrogens with one attached hydrogen (secondary N) is 1. The van der Waals surface area contributed by atoms with E-state index in [1.807, 2.05) is 0 Å². The molecule has 0 bridgehead atoms. The lowest BCUT2D eigenvalue weighted by molar-refractivity contribution is 0.0342. The van der Waals surface area contributed by atoms with Crippen molar-refractivity contribution in [1.29, 1.82) is 0 Å². The van der Waals surface area contributed by atoms with Crippen LogP contribution in [-0.4, -0.2) is 42.7 Å². The number of nitrogens with zero attached hydrogens (tertiary/aromatic N) is 1. The van der Waals surface area contributed by atoms with Crippen molar-refractivity contribution >= 4 is 0 Å². The highest BCUT2D eigenvalue weighted by molar-refractivity contribution is 5.17. The fraction of sp³-hybridized carbons (Fsp3) is 0.636. The highest BCUT2D eigenvalue weighted by Crippen LogP contribution is 2.09. The number of hydrogen-bond acceptors (Lipinski definition) is 3. The zero-order chi connectivity index (χ0) is 10.5. The van der Waals surface area contributed by atoms with Crippen molar-refractivity contribution in [2.24, 2.45) is 5.73 Å². The first kappa shape index (κ1) is 10.7. The van der Waals surface area contributed by atoms with Crippen molar-refractivity contribution in [3.05, 3.63) is 23.5 Å². The molecule has 4 heteroatoms. The van der Waals surface area contributed by atoms with Crippen molar-refractivity contribution in [3.63, 3.8) is 0 Å². The van der Waals surface area contributed by atoms with Gasteiger partial charge in [-0.25, -0.2) is 0 Å². The van der Waals surface area contributed by atoms with Gasteiger partial charge in [-0.3, -0.25) is 4.90 Å². The average Bonchev–Trinajstić information content (AvgIpc) is 2.68. The van der Waals surface area contributed by atoms with Crippen LogP contribution in [0.15, 0.2) is 12.3 Å². The van der Waals surface area contributed by atoms with E-state index in [9.17, 15) is 0 Å². The number of morpholine rings is 1. The predicted octanol–water partition coefficient (Wildman–Crippen LogP) is 0.348. The van der Waals surface area contributed by atoms with Crippen LogP contribution in [0.4, 0.5) is 0 Å². The lowest BCUT2D eigenvalue weighted by Crippen LogP contribution is -2.35. The minimum absolute atomic E-state index is 0.706. The van der Waals surface area contributed by atoms with Crippen molar-refractivity contribution < 1.29 is 4.74 Å². The number of ether oxygens (including phenoxy) is 1. The van der Waals surface area contributed by atoms with E-state index in [1.165, 1.54) is 11.3 Å². The van der Waals surface area contributed by atoms with E-state index in [2.05, 4.69) is 22.1 Å². The molecule has 15 heavy (non-hydrogen) atoms. The molecule has 3 N–H and O–H groups in total. The minimum atomic E-state index is 0.706. The van der Waals surface area contributed by atoms with E-state index in [1.54, 1.807) is 0 Å². The fourth-order valence-corrected chi connectivity index (χ4v) is 1.90. The normalized spacial score (nSPS) is 18.2. The molecule has 0 saturated carbocycles. The van der Waals surface area contributed by atoms with Crippen LogP contribution in [0.5, 0.6) is 0 Å². The highest BCUT2D eigenvalue weighted by Gasteiger charge is 2.11. The third-order valence-electron chi connectivity index (χ3n) is 2.73. The maximum Gasteiger partial charge on any atom is 0.0594 e. The SMILES string of the molecule is NCCc1cc(CN2CCOCC2)c[nH]1. The van der Waals surface area contributed by atoms with Gasteiger partial charge in [0.2, 0.25) is 0 Å². The topological polar surface area (TPSA) is 54.3 Å². The van der Waals surface area contributed by atoms with Gasteiger partial charge in [-0.2, -0.15) is 0 Å². The molecule has 1 aliphatic rings. The number of aromatic nitrogens is 1. The van der Waals surface area contributed by atoms with E-state index < -0.39 is 0 Å². The quantitative estimate of drug-likeness (QED) is 0.752. The molecule has 2 heterocycles. The highest BCUT2D eigenvalue weighted by atomic mass is 16.5. The molecule has 1 aromatic heterocycles. The number of rotatable bonds is 4. The van der Waals surface area contributed by atoms with E-state index in [0.29, 0.717) is 6.54 Å². The Morgan fingerprint density at radius 3 is 2.93 bits per heavy atom. The van der Waals surface area contributed by atoms with Gasteiger partial charge in [0, 0.05) is 31.5 Å². The lowest BCUT2D eigenvalue weighted by Gasteiger charge is -2.25. The van der Waals surface area contributed by atoms with Crippen LogP contribution in [0.1, 0.15) is 11.3 Å². The fourth-order valence-electron chi connectivity index (χ4n) is 1.90. The molecule has 2 rings (SSSR count). The summed E-state index contributed by atoms with van der Waals surface area (Å²) in [6, 6.07) is 2.21. The molecule has 0 atom stereocenters. The standard InChI is InChI=1S/C11H19N3O/c12-2-1-11-7-10(8-13-11)9-14-3-5-15-6-4-14/h7-8,13H,1-6,9,12H2. The Kier molecular flexibility index (Phi) is 3.77. The van der Waals surface area contributed by atoms with Gasteiger partial charge in [0.1, 0.15) is 0 Å². The van der Waals surface area contributed by atoms with Crippen molar-refractivity contribution in [3.8, 4) is 0 Å². The summed E-state index contributed by atoms with van der Waals surface area (Å²) in [7, 11) is 0. The van der Waals surface area contributed by atoms with Gasteiger partial charge < -0.3 is 15.5 Å². The smallest absolute Gasteiger partial charge is 0.0594 e. The van der Waals surface area contributed by atoms with Gasteiger partial charge in [0.25, 0.3) is 0 Å². The Labute approximate surface area is 90.4 Å². The van der Waals surface area contributed by atoms with E-state index in [0.717, 1.165) is 39.3 Å². The van der Waals surface area contributed by atoms with Gasteiger partial charge in [-0.1, -0.05) is 0 Å². The monoisotopic (exact) mass is 209 g/mol. The molecule has 0 aromatic carbocycles. The Hall–Kier alpha value is -0.840. The number of nitrogens with two attached hydrogens (primary N) is 1. The van der Waals surface area contributed by atoms with Crippen LogP contribution >= 0.6 is 0 Å². The number of hydrogen-bond donors (Lipinski definition) is 2. The summed E-state index contributed by atoms with van der Waals surface area (Å²) in [5, 5.41) is 0. The minimum Gasteiger partial charge on any atom is -0.379 e. The summed E-state index contributed by atoms with van der Waals surface area (Å²) in [5.74, 6) is 0. The summed E-state index contributed by atoms with van der Waals surface area (Å²) < 4.78 is 5.32. The van der Waals surface area contributed by atoms with Crippen LogP contribution < -0.4 is 5.73 Å². The van der Waals surface area contributed by atoms with Gasteiger partial charge in [-0.05, 0) is 24.6 Å². The zero-order valence-electron chi connectivity index (χ0n) is 9.04. The molecule has 0 spiro atoms. The second kappa shape index (κ2) is 5.30. The van der Waals surface area contributed by atoms with Gasteiger partial charge in [0.15, 0.2) is 0 Å². The summed E-state index contributed by atoms with van der Waals surface area (Å²) in [6.45, 7) is 5.52. The van der Waals surface area contributed by atoms with E-state index >= 15 is 0 Å². The molecule has 0 radical (unpaired) electrons. The molecule has 84 valence electrons. The largest absolute Gasteiger partial charge is 0.379 e. The summed E-state index contributed by atoms with van der Waals surface area (Å²) >= 11 is 0. The van der Waals surface area contributed by atoms with Gasteiger partial charge in [-0.15, -0.1) is 0 Å². The molecular formula is C11H19N3O. The summed E-state index contributed by atoms with van der Waals surface area (Å²) in [6.07, 6.45) is 3.02. The molecule has 4 nitrogen and oxygen atoms in total. The summed E-state index contributed by atoms with van der Waals surface area (Å²) in [5.41, 5.74) is 8.09. The molecule has 0 aliphatic carbocycles. The van der Waals surface area contributed by atoms with Crippen LogP contribution in [0.3, 0.4) is 0 Å². The molecule has 1 saturated heterocycles. The first-order chi connectivity index (χ1) is 7.38.